The summed E-state index contributed by atoms with van der Waals surface area (Å²) in [7, 11) is 1.33. The highest BCUT2D eigenvalue weighted by Gasteiger charge is 2.30. The molecule has 0 amide bonds. The molecule has 0 saturated carbocycles. The molecule has 20 heavy (non-hydrogen) atoms. The first-order valence-corrected chi connectivity index (χ1v) is 6.17. The minimum absolute atomic E-state index is 0.0353. The molecule has 0 aliphatic heterocycles. The summed E-state index contributed by atoms with van der Waals surface area (Å²) >= 11 is 0. The van der Waals surface area contributed by atoms with Crippen molar-refractivity contribution in [1.29, 1.82) is 0 Å². The van der Waals surface area contributed by atoms with Gasteiger partial charge in [-0.1, -0.05) is 12.1 Å². The molecule has 1 aromatic heterocycles. The number of esters is 1. The molecule has 6 nitrogen and oxygen atoms in total. The van der Waals surface area contributed by atoms with Gasteiger partial charge in [-0.05, 0) is 19.9 Å². The summed E-state index contributed by atoms with van der Waals surface area (Å²) in [6.45, 7) is 3.81. The number of methoxy groups -OCH3 is 1. The number of ether oxygens (including phenoxy) is 1. The van der Waals surface area contributed by atoms with Crippen LogP contribution in [0.25, 0.3) is 10.9 Å². The van der Waals surface area contributed by atoms with Crippen LogP contribution >= 0.6 is 0 Å². The minimum Gasteiger partial charge on any atom is -0.469 e. The minimum atomic E-state index is -0.760. The van der Waals surface area contributed by atoms with E-state index in [0.29, 0.717) is 12.1 Å². The third-order valence-corrected chi connectivity index (χ3v) is 3.27. The second kappa shape index (κ2) is 4.96. The summed E-state index contributed by atoms with van der Waals surface area (Å²) in [5.74, 6) is -0.349. The number of nitro benzene ring substituents is 1. The molecule has 0 unspecified atom stereocenters. The summed E-state index contributed by atoms with van der Waals surface area (Å²) < 4.78 is 6.49. The van der Waals surface area contributed by atoms with E-state index in [0.717, 1.165) is 5.39 Å². The highest BCUT2D eigenvalue weighted by Crippen LogP contribution is 2.29. The zero-order valence-corrected chi connectivity index (χ0v) is 11.6. The first-order chi connectivity index (χ1) is 9.36. The molecule has 0 aliphatic carbocycles. The van der Waals surface area contributed by atoms with E-state index in [1.54, 1.807) is 36.7 Å². The Labute approximate surface area is 116 Å². The Kier molecular flexibility index (Phi) is 3.48. The van der Waals surface area contributed by atoms with Crippen LogP contribution in [-0.2, 0) is 16.1 Å². The van der Waals surface area contributed by atoms with Crippen LogP contribution in [0, 0.1) is 15.5 Å². The lowest BCUT2D eigenvalue weighted by Crippen LogP contribution is -2.30. The number of non-ortho nitro benzene ring substituents is 1. The van der Waals surface area contributed by atoms with Crippen molar-refractivity contribution < 1.29 is 14.5 Å². The van der Waals surface area contributed by atoms with E-state index in [1.165, 1.54) is 13.2 Å². The largest absolute Gasteiger partial charge is 0.469 e. The first kappa shape index (κ1) is 14.0. The number of carbonyl (C=O) groups is 1. The molecule has 1 heterocycles. The summed E-state index contributed by atoms with van der Waals surface area (Å²) in [6.07, 6.45) is 1.75. The Morgan fingerprint density at radius 2 is 2.10 bits per heavy atom. The number of nitrogens with zero attached hydrogens (tertiary/aromatic N) is 2. The SMILES string of the molecule is COC(=O)C(C)(C)Cn1ccc2cccc([N+](=O)[O-])c21. The summed E-state index contributed by atoms with van der Waals surface area (Å²) in [6, 6.07) is 6.72. The average Bonchev–Trinajstić information content (AvgIpc) is 2.80. The summed E-state index contributed by atoms with van der Waals surface area (Å²) in [5, 5.41) is 11.9. The predicted molar refractivity (Wildman–Crippen MR) is 74.4 cm³/mol. The summed E-state index contributed by atoms with van der Waals surface area (Å²) in [5.41, 5.74) is -0.202. The van der Waals surface area contributed by atoms with Crippen molar-refractivity contribution in [2.75, 3.05) is 7.11 Å². The molecular formula is C14H16N2O4. The molecule has 0 radical (unpaired) electrons. The molecule has 6 heteroatoms. The van der Waals surface area contributed by atoms with Crippen molar-refractivity contribution in [3.63, 3.8) is 0 Å². The maximum atomic E-state index is 11.7. The molecule has 0 aliphatic rings. The monoisotopic (exact) mass is 276 g/mol. The van der Waals surface area contributed by atoms with Crippen LogP contribution in [0.5, 0.6) is 0 Å². The predicted octanol–water partition coefficient (Wildman–Crippen LogP) is 2.75. The molecule has 2 aromatic rings. The summed E-state index contributed by atoms with van der Waals surface area (Å²) in [4.78, 5) is 22.5. The van der Waals surface area contributed by atoms with Crippen molar-refractivity contribution in [3.05, 3.63) is 40.6 Å². The third-order valence-electron chi connectivity index (χ3n) is 3.27. The second-order valence-electron chi connectivity index (χ2n) is 5.29. The van der Waals surface area contributed by atoms with Gasteiger partial charge >= 0.3 is 5.97 Å². The molecule has 1 aromatic carbocycles. The first-order valence-electron chi connectivity index (χ1n) is 6.17. The average molecular weight is 276 g/mol. The zero-order valence-electron chi connectivity index (χ0n) is 11.6. The molecule has 106 valence electrons. The number of hydrogen-bond donors (Lipinski definition) is 0. The van der Waals surface area contributed by atoms with Crippen molar-refractivity contribution in [2.45, 2.75) is 20.4 Å². The fourth-order valence-electron chi connectivity index (χ4n) is 2.29. The Morgan fingerprint density at radius 1 is 1.40 bits per heavy atom. The lowest BCUT2D eigenvalue weighted by Gasteiger charge is -2.22. The van der Waals surface area contributed by atoms with E-state index in [9.17, 15) is 14.9 Å². The van der Waals surface area contributed by atoms with Crippen LogP contribution in [-0.4, -0.2) is 22.6 Å². The highest BCUT2D eigenvalue weighted by atomic mass is 16.6. The van der Waals surface area contributed by atoms with E-state index < -0.39 is 10.3 Å². The van der Waals surface area contributed by atoms with Crippen LogP contribution in [0.2, 0.25) is 0 Å². The van der Waals surface area contributed by atoms with Gasteiger partial charge in [-0.3, -0.25) is 14.9 Å². The standard InChI is InChI=1S/C14H16N2O4/c1-14(2,13(17)20-3)9-15-8-7-10-5-4-6-11(12(10)15)16(18)19/h4-8H,9H2,1-3H3. The van der Waals surface area contributed by atoms with Crippen LogP contribution in [0.15, 0.2) is 30.5 Å². The van der Waals surface area contributed by atoms with Crippen LogP contribution in [0.1, 0.15) is 13.8 Å². The number of nitro groups is 1. The third kappa shape index (κ3) is 2.36. The maximum Gasteiger partial charge on any atom is 0.313 e. The Balaban J connectivity index is 2.51. The highest BCUT2D eigenvalue weighted by molar-refractivity contribution is 5.88. The van der Waals surface area contributed by atoms with Gasteiger partial charge in [0.15, 0.2) is 0 Å². The van der Waals surface area contributed by atoms with Crippen LogP contribution in [0.4, 0.5) is 5.69 Å². The van der Waals surface area contributed by atoms with Gasteiger partial charge in [-0.15, -0.1) is 0 Å². The Hall–Kier alpha value is -2.37. The number of hydrogen-bond acceptors (Lipinski definition) is 4. The maximum absolute atomic E-state index is 11.7. The molecule has 0 atom stereocenters. The van der Waals surface area contributed by atoms with Crippen LogP contribution in [0.3, 0.4) is 0 Å². The molecule has 2 rings (SSSR count). The molecule has 0 saturated heterocycles. The van der Waals surface area contributed by atoms with Gasteiger partial charge < -0.3 is 9.30 Å². The normalized spacial score (nSPS) is 11.6. The van der Waals surface area contributed by atoms with E-state index in [-0.39, 0.29) is 11.7 Å². The van der Waals surface area contributed by atoms with Gasteiger partial charge in [-0.25, -0.2) is 0 Å². The fourth-order valence-corrected chi connectivity index (χ4v) is 2.29. The van der Waals surface area contributed by atoms with Crippen LogP contribution < -0.4 is 0 Å². The Morgan fingerprint density at radius 3 is 2.70 bits per heavy atom. The zero-order chi connectivity index (χ0) is 14.9. The van der Waals surface area contributed by atoms with Crippen molar-refractivity contribution in [1.82, 2.24) is 4.57 Å². The molecule has 0 fully saturated rings. The van der Waals surface area contributed by atoms with Gasteiger partial charge in [-0.2, -0.15) is 0 Å². The topological polar surface area (TPSA) is 74.4 Å². The number of aromatic nitrogens is 1. The number of fused-ring (bicyclic) bond motifs is 1. The van der Waals surface area contributed by atoms with Crippen molar-refractivity contribution in [3.8, 4) is 0 Å². The molecule has 0 bridgehead atoms. The van der Waals surface area contributed by atoms with Crippen molar-refractivity contribution in [2.24, 2.45) is 5.41 Å². The van der Waals surface area contributed by atoms with Gasteiger partial charge in [0.1, 0.15) is 5.52 Å². The van der Waals surface area contributed by atoms with Gasteiger partial charge in [0.2, 0.25) is 0 Å². The number of benzene rings is 1. The lowest BCUT2D eigenvalue weighted by atomic mass is 9.93. The number of para-hydroxylation sites is 1. The van der Waals surface area contributed by atoms with Gasteiger partial charge in [0.05, 0.1) is 17.4 Å². The number of carbonyl (C=O) groups excluding carboxylic acids is 1. The molecule has 0 spiro atoms. The Bertz CT molecular complexity index is 673. The lowest BCUT2D eigenvalue weighted by molar-refractivity contribution is -0.383. The van der Waals surface area contributed by atoms with E-state index in [1.807, 2.05) is 6.07 Å². The molecular weight excluding hydrogens is 260 g/mol. The van der Waals surface area contributed by atoms with Gasteiger partial charge in [0, 0.05) is 24.2 Å². The fraction of sp³-hybridized carbons (Fsp3) is 0.357. The molecule has 0 N–H and O–H groups in total. The second-order valence-corrected chi connectivity index (χ2v) is 5.29. The smallest absolute Gasteiger partial charge is 0.313 e. The van der Waals surface area contributed by atoms with E-state index >= 15 is 0 Å². The quantitative estimate of drug-likeness (QED) is 0.489. The van der Waals surface area contributed by atoms with Gasteiger partial charge in [0.25, 0.3) is 5.69 Å². The van der Waals surface area contributed by atoms with Crippen molar-refractivity contribution >= 4 is 22.6 Å². The van der Waals surface area contributed by atoms with E-state index in [2.05, 4.69) is 0 Å². The van der Waals surface area contributed by atoms with E-state index in [4.69, 9.17) is 4.74 Å². The number of rotatable bonds is 4.